The second kappa shape index (κ2) is 7.89. The van der Waals surface area contributed by atoms with Gasteiger partial charge in [-0.2, -0.15) is 0 Å². The molecule has 0 aliphatic rings. The van der Waals surface area contributed by atoms with Gasteiger partial charge in [0, 0.05) is 18.9 Å². The lowest BCUT2D eigenvalue weighted by Crippen LogP contribution is -2.31. The van der Waals surface area contributed by atoms with Gasteiger partial charge in [-0.05, 0) is 36.8 Å². The minimum Gasteiger partial charge on any atom is -0.491 e. The molecule has 0 aromatic heterocycles. The van der Waals surface area contributed by atoms with Crippen LogP contribution in [0, 0.1) is 6.92 Å². The molecule has 0 saturated carbocycles. The van der Waals surface area contributed by atoms with E-state index >= 15 is 0 Å². The van der Waals surface area contributed by atoms with Gasteiger partial charge in [-0.1, -0.05) is 29.8 Å². The SMILES string of the molecule is Cc1ccccc1OCCN(C)C(=O)c1ccc(Cl)c(S(C)(=O)=O)c1. The molecule has 0 aliphatic carbocycles. The minimum absolute atomic E-state index is 0.0513. The van der Waals surface area contributed by atoms with Crippen molar-refractivity contribution in [3.63, 3.8) is 0 Å². The monoisotopic (exact) mass is 381 g/mol. The third-order valence-corrected chi connectivity index (χ3v) is 5.28. The highest BCUT2D eigenvalue weighted by Gasteiger charge is 2.18. The molecule has 0 saturated heterocycles. The summed E-state index contributed by atoms with van der Waals surface area (Å²) in [7, 11) is -1.86. The lowest BCUT2D eigenvalue weighted by molar-refractivity contribution is 0.0773. The Balaban J connectivity index is 2.04. The van der Waals surface area contributed by atoms with Crippen LogP contribution in [0.15, 0.2) is 47.4 Å². The number of aryl methyl sites for hydroxylation is 1. The van der Waals surface area contributed by atoms with Crippen LogP contribution in [0.3, 0.4) is 0 Å². The maximum atomic E-state index is 12.5. The van der Waals surface area contributed by atoms with Gasteiger partial charge in [0.25, 0.3) is 5.91 Å². The van der Waals surface area contributed by atoms with Crippen molar-refractivity contribution in [3.8, 4) is 5.75 Å². The number of ether oxygens (including phenoxy) is 1. The van der Waals surface area contributed by atoms with Crippen LogP contribution in [0.25, 0.3) is 0 Å². The first-order chi connectivity index (χ1) is 11.7. The molecule has 0 bridgehead atoms. The van der Waals surface area contributed by atoms with E-state index in [0.29, 0.717) is 13.2 Å². The van der Waals surface area contributed by atoms with Crippen molar-refractivity contribution in [3.05, 3.63) is 58.6 Å². The van der Waals surface area contributed by atoms with E-state index in [1.165, 1.54) is 23.1 Å². The van der Waals surface area contributed by atoms with Crippen LogP contribution in [-0.4, -0.2) is 45.7 Å². The number of sulfone groups is 1. The van der Waals surface area contributed by atoms with Crippen LogP contribution in [-0.2, 0) is 9.84 Å². The van der Waals surface area contributed by atoms with E-state index in [1.807, 2.05) is 31.2 Å². The van der Waals surface area contributed by atoms with Crippen LogP contribution < -0.4 is 4.74 Å². The van der Waals surface area contributed by atoms with E-state index in [4.69, 9.17) is 16.3 Å². The van der Waals surface area contributed by atoms with Crippen LogP contribution in [0.4, 0.5) is 0 Å². The Morgan fingerprint density at radius 1 is 1.20 bits per heavy atom. The molecule has 134 valence electrons. The molecule has 2 aromatic carbocycles. The van der Waals surface area contributed by atoms with Crippen LogP contribution in [0.2, 0.25) is 5.02 Å². The number of hydrogen-bond donors (Lipinski definition) is 0. The predicted octanol–water partition coefficient (Wildman–Crippen LogP) is 3.20. The maximum Gasteiger partial charge on any atom is 0.253 e. The molecule has 0 aliphatic heterocycles. The van der Waals surface area contributed by atoms with Gasteiger partial charge in [0.2, 0.25) is 0 Å². The molecule has 0 unspecified atom stereocenters. The molecule has 0 heterocycles. The molecule has 1 amide bonds. The molecule has 0 spiro atoms. The van der Waals surface area contributed by atoms with E-state index in [-0.39, 0.29) is 21.4 Å². The standard InChI is InChI=1S/C18H20ClNO4S/c1-13-6-4-5-7-16(13)24-11-10-20(2)18(21)14-8-9-15(19)17(12-14)25(3,22)23/h4-9,12H,10-11H2,1-3H3. The van der Waals surface area contributed by atoms with Gasteiger partial charge in [0.15, 0.2) is 9.84 Å². The summed E-state index contributed by atoms with van der Waals surface area (Å²) < 4.78 is 29.1. The van der Waals surface area contributed by atoms with Crippen LogP contribution in [0.5, 0.6) is 5.75 Å². The van der Waals surface area contributed by atoms with Gasteiger partial charge < -0.3 is 9.64 Å². The number of halogens is 1. The van der Waals surface area contributed by atoms with Gasteiger partial charge in [-0.15, -0.1) is 0 Å². The topological polar surface area (TPSA) is 63.7 Å². The van der Waals surface area contributed by atoms with Crippen molar-refractivity contribution in [2.75, 3.05) is 26.5 Å². The largest absolute Gasteiger partial charge is 0.491 e. The Kier molecular flexibility index (Phi) is 6.08. The van der Waals surface area contributed by atoms with Crippen molar-refractivity contribution in [1.82, 2.24) is 4.90 Å². The third kappa shape index (κ3) is 4.96. The van der Waals surface area contributed by atoms with Gasteiger partial charge in [0.05, 0.1) is 16.5 Å². The van der Waals surface area contributed by atoms with Crippen molar-refractivity contribution >= 4 is 27.3 Å². The van der Waals surface area contributed by atoms with Crippen molar-refractivity contribution in [1.29, 1.82) is 0 Å². The molecule has 7 heteroatoms. The van der Waals surface area contributed by atoms with Gasteiger partial charge in [0.1, 0.15) is 12.4 Å². The molecule has 2 aromatic rings. The number of likely N-dealkylation sites (N-methyl/N-ethyl adjacent to an activating group) is 1. The summed E-state index contributed by atoms with van der Waals surface area (Å²) in [4.78, 5) is 13.9. The lowest BCUT2D eigenvalue weighted by Gasteiger charge is -2.18. The number of hydrogen-bond acceptors (Lipinski definition) is 4. The fraction of sp³-hybridized carbons (Fsp3) is 0.278. The van der Waals surface area contributed by atoms with Crippen molar-refractivity contribution < 1.29 is 17.9 Å². The molecular weight excluding hydrogens is 362 g/mol. The molecule has 25 heavy (non-hydrogen) atoms. The number of para-hydroxylation sites is 1. The highest BCUT2D eigenvalue weighted by molar-refractivity contribution is 7.90. The Hall–Kier alpha value is -2.05. The summed E-state index contributed by atoms with van der Waals surface area (Å²) in [5, 5.41) is 0.101. The molecule has 0 fully saturated rings. The summed E-state index contributed by atoms with van der Waals surface area (Å²) in [6, 6.07) is 11.9. The highest BCUT2D eigenvalue weighted by Crippen LogP contribution is 2.23. The second-order valence-corrected chi connectivity index (χ2v) is 8.15. The molecule has 0 N–H and O–H groups in total. The first kappa shape index (κ1) is 19.3. The number of nitrogens with zero attached hydrogens (tertiary/aromatic N) is 1. The zero-order valence-electron chi connectivity index (χ0n) is 14.3. The lowest BCUT2D eigenvalue weighted by atomic mass is 10.2. The van der Waals surface area contributed by atoms with Crippen molar-refractivity contribution in [2.24, 2.45) is 0 Å². The second-order valence-electron chi connectivity index (χ2n) is 5.76. The van der Waals surface area contributed by atoms with Gasteiger partial charge in [-0.25, -0.2) is 8.42 Å². The minimum atomic E-state index is -3.50. The number of carbonyl (C=O) groups excluding carboxylic acids is 1. The van der Waals surface area contributed by atoms with Gasteiger partial charge >= 0.3 is 0 Å². The Morgan fingerprint density at radius 3 is 2.52 bits per heavy atom. The molecule has 0 radical (unpaired) electrons. The predicted molar refractivity (Wildman–Crippen MR) is 98.2 cm³/mol. The molecule has 0 atom stereocenters. The van der Waals surface area contributed by atoms with E-state index in [9.17, 15) is 13.2 Å². The summed E-state index contributed by atoms with van der Waals surface area (Å²) in [6.07, 6.45) is 1.06. The number of rotatable bonds is 6. The van der Waals surface area contributed by atoms with E-state index in [1.54, 1.807) is 7.05 Å². The maximum absolute atomic E-state index is 12.5. The zero-order valence-corrected chi connectivity index (χ0v) is 15.9. The normalized spacial score (nSPS) is 11.2. The Morgan fingerprint density at radius 2 is 1.88 bits per heavy atom. The summed E-state index contributed by atoms with van der Waals surface area (Å²) in [5.41, 5.74) is 1.29. The summed E-state index contributed by atoms with van der Waals surface area (Å²) in [5.74, 6) is 0.476. The number of carbonyl (C=O) groups is 1. The Labute approximate surface area is 153 Å². The molecule has 2 rings (SSSR count). The number of amides is 1. The van der Waals surface area contributed by atoms with Crippen molar-refractivity contribution in [2.45, 2.75) is 11.8 Å². The average Bonchev–Trinajstić information content (AvgIpc) is 2.55. The van der Waals surface area contributed by atoms with Crippen LogP contribution in [0.1, 0.15) is 15.9 Å². The fourth-order valence-electron chi connectivity index (χ4n) is 2.25. The average molecular weight is 382 g/mol. The molecule has 5 nitrogen and oxygen atoms in total. The quantitative estimate of drug-likeness (QED) is 0.770. The van der Waals surface area contributed by atoms with Crippen LogP contribution >= 0.6 is 11.6 Å². The van der Waals surface area contributed by atoms with E-state index in [0.717, 1.165) is 17.6 Å². The summed E-state index contributed by atoms with van der Waals surface area (Å²) in [6.45, 7) is 2.65. The Bertz CT molecular complexity index is 880. The van der Waals surface area contributed by atoms with E-state index in [2.05, 4.69) is 0 Å². The first-order valence-corrected chi connectivity index (χ1v) is 9.90. The number of benzene rings is 2. The smallest absolute Gasteiger partial charge is 0.253 e. The highest BCUT2D eigenvalue weighted by atomic mass is 35.5. The summed E-state index contributed by atoms with van der Waals surface area (Å²) >= 11 is 5.91. The molecular formula is C18H20ClNO4S. The third-order valence-electron chi connectivity index (χ3n) is 3.70. The van der Waals surface area contributed by atoms with E-state index < -0.39 is 9.84 Å². The van der Waals surface area contributed by atoms with Gasteiger partial charge in [-0.3, -0.25) is 4.79 Å². The zero-order chi connectivity index (χ0) is 18.6. The fourth-order valence-corrected chi connectivity index (χ4v) is 3.55. The first-order valence-electron chi connectivity index (χ1n) is 7.63.